The molecule has 1 saturated carbocycles. The SMILES string of the molecule is COC1(CNc2nccn(C(C)(C)C)c2=O)CCC1. The van der Waals surface area contributed by atoms with E-state index < -0.39 is 0 Å². The maximum absolute atomic E-state index is 12.3. The van der Waals surface area contributed by atoms with Crippen LogP contribution in [0.3, 0.4) is 0 Å². The van der Waals surface area contributed by atoms with E-state index in [9.17, 15) is 4.79 Å². The summed E-state index contributed by atoms with van der Waals surface area (Å²) in [5.41, 5.74) is -0.442. The lowest BCUT2D eigenvalue weighted by atomic mass is 9.80. The lowest BCUT2D eigenvalue weighted by molar-refractivity contribution is -0.0601. The van der Waals surface area contributed by atoms with Crippen molar-refractivity contribution in [2.45, 2.75) is 51.2 Å². The lowest BCUT2D eigenvalue weighted by Gasteiger charge is -2.40. The van der Waals surface area contributed by atoms with Crippen LogP contribution in [-0.2, 0) is 10.3 Å². The molecule has 0 unspecified atom stereocenters. The second-order valence-electron chi connectivity index (χ2n) is 6.22. The highest BCUT2D eigenvalue weighted by atomic mass is 16.5. The largest absolute Gasteiger partial charge is 0.376 e. The van der Waals surface area contributed by atoms with Crippen LogP contribution >= 0.6 is 0 Å². The number of hydrogen-bond acceptors (Lipinski definition) is 4. The number of anilines is 1. The molecule has 106 valence electrons. The van der Waals surface area contributed by atoms with Gasteiger partial charge in [-0.3, -0.25) is 4.79 Å². The van der Waals surface area contributed by atoms with Gasteiger partial charge in [0.2, 0.25) is 0 Å². The van der Waals surface area contributed by atoms with Crippen molar-refractivity contribution < 1.29 is 4.74 Å². The van der Waals surface area contributed by atoms with Gasteiger partial charge in [0.25, 0.3) is 5.56 Å². The van der Waals surface area contributed by atoms with E-state index in [0.717, 1.165) is 12.8 Å². The van der Waals surface area contributed by atoms with Crippen molar-refractivity contribution in [3.63, 3.8) is 0 Å². The highest BCUT2D eigenvalue weighted by Gasteiger charge is 2.37. The van der Waals surface area contributed by atoms with E-state index in [0.29, 0.717) is 12.4 Å². The summed E-state index contributed by atoms with van der Waals surface area (Å²) >= 11 is 0. The molecule has 1 aliphatic rings. The number of ether oxygens (including phenoxy) is 1. The Morgan fingerprint density at radius 3 is 2.63 bits per heavy atom. The van der Waals surface area contributed by atoms with Crippen molar-refractivity contribution in [1.82, 2.24) is 9.55 Å². The molecule has 1 heterocycles. The first-order valence-corrected chi connectivity index (χ1v) is 6.75. The molecule has 1 aromatic rings. The topological polar surface area (TPSA) is 56.1 Å². The van der Waals surface area contributed by atoms with E-state index in [1.165, 1.54) is 6.42 Å². The van der Waals surface area contributed by atoms with E-state index in [-0.39, 0.29) is 16.7 Å². The third kappa shape index (κ3) is 2.81. The first-order chi connectivity index (χ1) is 8.88. The average Bonchev–Trinajstić information content (AvgIpc) is 2.28. The maximum atomic E-state index is 12.3. The van der Waals surface area contributed by atoms with Gasteiger partial charge in [-0.15, -0.1) is 0 Å². The molecular weight excluding hydrogens is 242 g/mol. The van der Waals surface area contributed by atoms with Gasteiger partial charge in [-0.05, 0) is 40.0 Å². The number of nitrogens with one attached hydrogen (secondary N) is 1. The monoisotopic (exact) mass is 265 g/mol. The average molecular weight is 265 g/mol. The smallest absolute Gasteiger partial charge is 0.293 e. The number of rotatable bonds is 4. The molecule has 0 aliphatic heterocycles. The highest BCUT2D eigenvalue weighted by molar-refractivity contribution is 5.32. The minimum Gasteiger partial charge on any atom is -0.376 e. The zero-order valence-corrected chi connectivity index (χ0v) is 12.2. The number of hydrogen-bond donors (Lipinski definition) is 1. The number of methoxy groups -OCH3 is 1. The molecule has 5 nitrogen and oxygen atoms in total. The minimum atomic E-state index is -0.244. The van der Waals surface area contributed by atoms with Gasteiger partial charge in [0.15, 0.2) is 5.82 Å². The molecule has 1 aliphatic carbocycles. The summed E-state index contributed by atoms with van der Waals surface area (Å²) in [7, 11) is 1.73. The Hall–Kier alpha value is -1.36. The van der Waals surface area contributed by atoms with Crippen molar-refractivity contribution in [1.29, 1.82) is 0 Å². The van der Waals surface area contributed by atoms with Crippen LogP contribution in [-0.4, -0.2) is 28.8 Å². The van der Waals surface area contributed by atoms with Gasteiger partial charge in [-0.2, -0.15) is 0 Å². The molecule has 0 bridgehead atoms. The Morgan fingerprint density at radius 1 is 1.47 bits per heavy atom. The van der Waals surface area contributed by atoms with E-state index in [2.05, 4.69) is 10.3 Å². The lowest BCUT2D eigenvalue weighted by Crippen LogP contribution is -2.46. The molecule has 1 N–H and O–H groups in total. The molecule has 0 saturated heterocycles. The third-order valence-corrected chi connectivity index (χ3v) is 3.84. The van der Waals surface area contributed by atoms with E-state index in [1.807, 2.05) is 20.8 Å². The molecule has 0 amide bonds. The predicted octanol–water partition coefficient (Wildman–Crippen LogP) is 1.98. The van der Waals surface area contributed by atoms with Crippen molar-refractivity contribution in [2.75, 3.05) is 19.0 Å². The van der Waals surface area contributed by atoms with Crippen molar-refractivity contribution in [3.05, 3.63) is 22.7 Å². The first kappa shape index (κ1) is 14.1. The van der Waals surface area contributed by atoms with Gasteiger partial charge in [0.05, 0.1) is 5.60 Å². The second kappa shape index (κ2) is 4.96. The minimum absolute atomic E-state index is 0.0828. The molecule has 2 rings (SSSR count). The Labute approximate surface area is 114 Å². The zero-order valence-electron chi connectivity index (χ0n) is 12.2. The van der Waals surface area contributed by atoms with Crippen molar-refractivity contribution >= 4 is 5.82 Å². The molecule has 0 aromatic carbocycles. The molecule has 1 aromatic heterocycles. The summed E-state index contributed by atoms with van der Waals surface area (Å²) in [5, 5.41) is 3.15. The second-order valence-corrected chi connectivity index (χ2v) is 6.22. The number of aromatic nitrogens is 2. The van der Waals surface area contributed by atoms with Gasteiger partial charge < -0.3 is 14.6 Å². The Bertz CT molecular complexity index is 493. The van der Waals surface area contributed by atoms with E-state index in [1.54, 1.807) is 24.1 Å². The fraction of sp³-hybridized carbons (Fsp3) is 0.714. The first-order valence-electron chi connectivity index (χ1n) is 6.75. The van der Waals surface area contributed by atoms with Crippen LogP contribution in [0, 0.1) is 0 Å². The van der Waals surface area contributed by atoms with Crippen LogP contribution in [0.4, 0.5) is 5.82 Å². The van der Waals surface area contributed by atoms with Crippen LogP contribution in [0.25, 0.3) is 0 Å². The summed E-state index contributed by atoms with van der Waals surface area (Å²) in [6.07, 6.45) is 6.65. The van der Waals surface area contributed by atoms with Gasteiger partial charge in [0, 0.05) is 31.6 Å². The molecule has 1 fully saturated rings. The van der Waals surface area contributed by atoms with Gasteiger partial charge >= 0.3 is 0 Å². The molecule has 0 spiro atoms. The molecule has 5 heteroatoms. The van der Waals surface area contributed by atoms with Crippen molar-refractivity contribution in [2.24, 2.45) is 0 Å². The molecule has 19 heavy (non-hydrogen) atoms. The fourth-order valence-corrected chi connectivity index (χ4v) is 2.33. The van der Waals surface area contributed by atoms with Gasteiger partial charge in [-0.25, -0.2) is 4.98 Å². The Balaban J connectivity index is 2.16. The Morgan fingerprint density at radius 2 is 2.16 bits per heavy atom. The Kier molecular flexibility index (Phi) is 3.67. The standard InChI is InChI=1S/C14H23N3O2/c1-13(2,3)17-9-8-15-11(12(17)18)16-10-14(19-4)6-5-7-14/h8-9H,5-7,10H2,1-4H3,(H,15,16). The van der Waals surface area contributed by atoms with Gasteiger partial charge in [0.1, 0.15) is 0 Å². The maximum Gasteiger partial charge on any atom is 0.293 e. The quantitative estimate of drug-likeness (QED) is 0.904. The van der Waals surface area contributed by atoms with Crippen LogP contribution < -0.4 is 10.9 Å². The molecular formula is C14H23N3O2. The normalized spacial score (nSPS) is 17.9. The summed E-state index contributed by atoms with van der Waals surface area (Å²) in [6.45, 7) is 6.64. The summed E-state index contributed by atoms with van der Waals surface area (Å²) < 4.78 is 7.23. The van der Waals surface area contributed by atoms with Crippen molar-refractivity contribution in [3.8, 4) is 0 Å². The summed E-state index contributed by atoms with van der Waals surface area (Å²) in [6, 6.07) is 0. The van der Waals surface area contributed by atoms with Crippen LogP contribution in [0.15, 0.2) is 17.2 Å². The van der Waals surface area contributed by atoms with E-state index in [4.69, 9.17) is 4.74 Å². The summed E-state index contributed by atoms with van der Waals surface area (Å²) in [4.78, 5) is 16.5. The summed E-state index contributed by atoms with van der Waals surface area (Å²) in [5.74, 6) is 0.403. The fourth-order valence-electron chi connectivity index (χ4n) is 2.33. The van der Waals surface area contributed by atoms with Crippen LogP contribution in [0.1, 0.15) is 40.0 Å². The zero-order chi connectivity index (χ0) is 14.1. The molecule has 0 radical (unpaired) electrons. The van der Waals surface area contributed by atoms with Crippen LogP contribution in [0.2, 0.25) is 0 Å². The highest BCUT2D eigenvalue weighted by Crippen LogP contribution is 2.34. The third-order valence-electron chi connectivity index (χ3n) is 3.84. The molecule has 0 atom stereocenters. The van der Waals surface area contributed by atoms with E-state index >= 15 is 0 Å². The predicted molar refractivity (Wildman–Crippen MR) is 75.6 cm³/mol. The van der Waals surface area contributed by atoms with Gasteiger partial charge in [-0.1, -0.05) is 0 Å². The van der Waals surface area contributed by atoms with Crippen LogP contribution in [0.5, 0.6) is 0 Å². The number of nitrogens with zero attached hydrogens (tertiary/aromatic N) is 2.